The minimum Gasteiger partial charge on any atom is -0.393 e. The maximum absolute atomic E-state index is 12.5. The molecule has 1 saturated heterocycles. The first-order chi connectivity index (χ1) is 8.68. The Morgan fingerprint density at radius 1 is 1.28 bits per heavy atom. The minimum atomic E-state index is -0.225. The maximum atomic E-state index is 12.5. The topological polar surface area (TPSA) is 55.6 Å². The van der Waals surface area contributed by atoms with Gasteiger partial charge in [0.25, 0.3) is 5.91 Å². The lowest BCUT2D eigenvalue weighted by Crippen LogP contribution is -2.45. The Morgan fingerprint density at radius 3 is 2.56 bits per heavy atom. The predicted octanol–water partition coefficient (Wildman–Crippen LogP) is 1.61. The van der Waals surface area contributed by atoms with E-state index in [1.165, 1.54) is 12.8 Å². The number of amides is 1. The summed E-state index contributed by atoms with van der Waals surface area (Å²) in [5, 5.41) is 0. The number of thiocarbonyl (C=S) groups is 1. The van der Waals surface area contributed by atoms with Crippen LogP contribution >= 0.6 is 12.2 Å². The second-order valence-corrected chi connectivity index (χ2v) is 5.71. The fourth-order valence-electron chi connectivity index (χ4n) is 2.88. The summed E-state index contributed by atoms with van der Waals surface area (Å²) in [5.41, 5.74) is 5.56. The Bertz CT molecular complexity index is 310. The molecule has 18 heavy (non-hydrogen) atoms. The van der Waals surface area contributed by atoms with E-state index in [4.69, 9.17) is 22.7 Å². The molecule has 1 amide bonds. The van der Waals surface area contributed by atoms with Gasteiger partial charge in [-0.25, -0.2) is 0 Å². The molecule has 0 spiro atoms. The van der Waals surface area contributed by atoms with Crippen molar-refractivity contribution in [2.45, 2.75) is 57.1 Å². The Morgan fingerprint density at radius 2 is 2.00 bits per heavy atom. The number of nitrogens with two attached hydrogens (primary N) is 1. The minimum absolute atomic E-state index is 0.149. The van der Waals surface area contributed by atoms with Crippen molar-refractivity contribution in [2.75, 3.05) is 13.2 Å². The Kier molecular flexibility index (Phi) is 4.95. The monoisotopic (exact) mass is 270 g/mol. The zero-order chi connectivity index (χ0) is 13.0. The fraction of sp³-hybridized carbons (Fsp3) is 0.846. The van der Waals surface area contributed by atoms with Gasteiger partial charge < -0.3 is 15.4 Å². The molecule has 5 heteroatoms. The van der Waals surface area contributed by atoms with Crippen molar-refractivity contribution < 1.29 is 9.53 Å². The van der Waals surface area contributed by atoms with E-state index in [1.807, 2.05) is 4.90 Å². The number of carbonyl (C=O) groups excluding carboxylic acids is 1. The van der Waals surface area contributed by atoms with Crippen LogP contribution in [-0.2, 0) is 9.53 Å². The van der Waals surface area contributed by atoms with Crippen LogP contribution in [-0.4, -0.2) is 41.1 Å². The van der Waals surface area contributed by atoms with Crippen LogP contribution < -0.4 is 5.73 Å². The van der Waals surface area contributed by atoms with Gasteiger partial charge in [0.15, 0.2) is 0 Å². The molecule has 1 atom stereocenters. The second-order valence-electron chi connectivity index (χ2n) is 5.19. The smallest absolute Gasteiger partial charge is 0.251 e. The van der Waals surface area contributed by atoms with Gasteiger partial charge >= 0.3 is 0 Å². The van der Waals surface area contributed by atoms with Gasteiger partial charge in [0.1, 0.15) is 6.10 Å². The Hall–Kier alpha value is -0.680. The Balaban J connectivity index is 1.97. The van der Waals surface area contributed by atoms with Crippen LogP contribution in [0.1, 0.15) is 44.9 Å². The van der Waals surface area contributed by atoms with E-state index in [-0.39, 0.29) is 12.0 Å². The zero-order valence-corrected chi connectivity index (χ0v) is 11.6. The van der Waals surface area contributed by atoms with E-state index in [1.54, 1.807) is 0 Å². The molecule has 2 aliphatic rings. The molecule has 1 heterocycles. The summed E-state index contributed by atoms with van der Waals surface area (Å²) in [5.74, 6) is 0.149. The van der Waals surface area contributed by atoms with Gasteiger partial charge in [-0.15, -0.1) is 0 Å². The Labute approximate surface area is 114 Å². The van der Waals surface area contributed by atoms with Crippen LogP contribution in [0.25, 0.3) is 0 Å². The van der Waals surface area contributed by atoms with E-state index in [0.29, 0.717) is 30.6 Å². The van der Waals surface area contributed by atoms with Crippen molar-refractivity contribution in [1.82, 2.24) is 4.90 Å². The van der Waals surface area contributed by atoms with Crippen LogP contribution in [0.2, 0.25) is 0 Å². The highest BCUT2D eigenvalue weighted by atomic mass is 32.1. The molecule has 0 aromatic carbocycles. The fourth-order valence-corrected chi connectivity index (χ4v) is 2.97. The molecule has 1 unspecified atom stereocenters. The predicted molar refractivity (Wildman–Crippen MR) is 74.3 cm³/mol. The van der Waals surface area contributed by atoms with E-state index in [2.05, 4.69) is 0 Å². The summed E-state index contributed by atoms with van der Waals surface area (Å²) in [4.78, 5) is 14.9. The summed E-state index contributed by atoms with van der Waals surface area (Å²) >= 11 is 4.92. The largest absolute Gasteiger partial charge is 0.393 e. The molecule has 1 aliphatic carbocycles. The highest BCUT2D eigenvalue weighted by Gasteiger charge is 2.33. The third kappa shape index (κ3) is 3.42. The standard InChI is InChI=1S/C13H22N2O2S/c14-12(18)7-8-15(10-4-1-2-5-10)13(16)11-6-3-9-17-11/h10-11H,1-9H2,(H2,14,18). The average molecular weight is 270 g/mol. The lowest BCUT2D eigenvalue weighted by molar-refractivity contribution is -0.143. The first kappa shape index (κ1) is 13.7. The maximum Gasteiger partial charge on any atom is 0.251 e. The van der Waals surface area contributed by atoms with Gasteiger partial charge in [0.2, 0.25) is 0 Å². The van der Waals surface area contributed by atoms with Crippen LogP contribution in [0, 0.1) is 0 Å². The number of nitrogens with zero attached hydrogens (tertiary/aromatic N) is 1. The molecule has 2 rings (SSSR count). The van der Waals surface area contributed by atoms with Gasteiger partial charge in [-0.2, -0.15) is 0 Å². The zero-order valence-electron chi connectivity index (χ0n) is 10.8. The van der Waals surface area contributed by atoms with Gasteiger partial charge in [0.05, 0.1) is 4.99 Å². The lowest BCUT2D eigenvalue weighted by Gasteiger charge is -2.31. The normalized spacial score (nSPS) is 24.3. The molecule has 102 valence electrons. The lowest BCUT2D eigenvalue weighted by atomic mass is 10.1. The summed E-state index contributed by atoms with van der Waals surface area (Å²) < 4.78 is 5.51. The quantitative estimate of drug-likeness (QED) is 0.771. The molecular formula is C13H22N2O2S. The molecule has 2 fully saturated rings. The molecule has 1 saturated carbocycles. The van der Waals surface area contributed by atoms with Crippen molar-refractivity contribution in [3.8, 4) is 0 Å². The number of rotatable bonds is 5. The molecule has 0 radical (unpaired) electrons. The van der Waals surface area contributed by atoms with Gasteiger partial charge in [0, 0.05) is 25.6 Å². The number of hydrogen-bond donors (Lipinski definition) is 1. The van der Waals surface area contributed by atoms with Crippen molar-refractivity contribution in [3.05, 3.63) is 0 Å². The van der Waals surface area contributed by atoms with Crippen molar-refractivity contribution in [2.24, 2.45) is 5.73 Å². The van der Waals surface area contributed by atoms with Crippen LogP contribution in [0.3, 0.4) is 0 Å². The first-order valence-corrected chi connectivity index (χ1v) is 7.29. The molecule has 2 N–H and O–H groups in total. The van der Waals surface area contributed by atoms with Crippen molar-refractivity contribution in [3.63, 3.8) is 0 Å². The van der Waals surface area contributed by atoms with Crippen molar-refractivity contribution in [1.29, 1.82) is 0 Å². The molecule has 4 nitrogen and oxygen atoms in total. The summed E-state index contributed by atoms with van der Waals surface area (Å²) in [6, 6.07) is 0.371. The highest BCUT2D eigenvalue weighted by molar-refractivity contribution is 7.80. The molecule has 1 aliphatic heterocycles. The number of ether oxygens (including phenoxy) is 1. The van der Waals surface area contributed by atoms with E-state index < -0.39 is 0 Å². The van der Waals surface area contributed by atoms with E-state index >= 15 is 0 Å². The molecule has 0 aromatic rings. The molecule has 0 bridgehead atoms. The summed E-state index contributed by atoms with van der Waals surface area (Å²) in [6.07, 6.45) is 6.88. The second kappa shape index (κ2) is 6.48. The summed E-state index contributed by atoms with van der Waals surface area (Å²) in [7, 11) is 0. The van der Waals surface area contributed by atoms with Gasteiger partial charge in [-0.3, -0.25) is 4.79 Å². The average Bonchev–Trinajstić information content (AvgIpc) is 3.01. The van der Waals surface area contributed by atoms with Gasteiger partial charge in [-0.05, 0) is 25.7 Å². The van der Waals surface area contributed by atoms with E-state index in [0.717, 1.165) is 25.7 Å². The first-order valence-electron chi connectivity index (χ1n) is 6.89. The highest BCUT2D eigenvalue weighted by Crippen LogP contribution is 2.26. The van der Waals surface area contributed by atoms with E-state index in [9.17, 15) is 4.79 Å². The third-order valence-corrected chi connectivity index (χ3v) is 4.06. The van der Waals surface area contributed by atoms with Crippen LogP contribution in [0.5, 0.6) is 0 Å². The number of hydrogen-bond acceptors (Lipinski definition) is 3. The van der Waals surface area contributed by atoms with Crippen molar-refractivity contribution >= 4 is 23.1 Å². The summed E-state index contributed by atoms with van der Waals surface area (Å²) in [6.45, 7) is 1.36. The third-order valence-electron chi connectivity index (χ3n) is 3.85. The van der Waals surface area contributed by atoms with Gasteiger partial charge in [-0.1, -0.05) is 25.1 Å². The van der Waals surface area contributed by atoms with Crippen LogP contribution in [0.4, 0.5) is 0 Å². The van der Waals surface area contributed by atoms with Crippen LogP contribution in [0.15, 0.2) is 0 Å². The SMILES string of the molecule is NC(=S)CCN(C(=O)C1CCCO1)C1CCCC1. The molecular weight excluding hydrogens is 248 g/mol. The molecule has 0 aromatic heterocycles. The number of carbonyl (C=O) groups is 1.